The Hall–Kier alpha value is -3.86. The Morgan fingerprint density at radius 2 is 1.59 bits per heavy atom. The lowest BCUT2D eigenvalue weighted by Crippen LogP contribution is -2.33. The Morgan fingerprint density at radius 1 is 0.853 bits per heavy atom. The summed E-state index contributed by atoms with van der Waals surface area (Å²) >= 11 is 0. The summed E-state index contributed by atoms with van der Waals surface area (Å²) in [6, 6.07) is 19.0. The number of carbonyl (C=O) groups is 2. The molecule has 2 amide bonds. The molecular weight excluding hydrogens is 424 g/mol. The molecule has 174 valence electrons. The first-order chi connectivity index (χ1) is 16.3. The zero-order valence-corrected chi connectivity index (χ0v) is 20.4. The first kappa shape index (κ1) is 23.3. The molecule has 5 nitrogen and oxygen atoms in total. The number of imide groups is 1. The molecular formula is C29H30N2O3. The van der Waals surface area contributed by atoms with Crippen molar-refractivity contribution in [3.8, 4) is 5.75 Å². The molecule has 0 fully saturated rings. The Kier molecular flexibility index (Phi) is 6.55. The van der Waals surface area contributed by atoms with E-state index in [4.69, 9.17) is 4.74 Å². The normalized spacial score (nSPS) is 13.6. The van der Waals surface area contributed by atoms with Gasteiger partial charge in [0.25, 0.3) is 11.8 Å². The van der Waals surface area contributed by atoms with Crippen LogP contribution in [0.2, 0.25) is 0 Å². The van der Waals surface area contributed by atoms with E-state index in [1.807, 2.05) is 88.4 Å². The van der Waals surface area contributed by atoms with Crippen LogP contribution in [-0.2, 0) is 9.59 Å². The quantitative estimate of drug-likeness (QED) is 0.438. The van der Waals surface area contributed by atoms with Crippen molar-refractivity contribution < 1.29 is 14.3 Å². The van der Waals surface area contributed by atoms with Gasteiger partial charge in [-0.05, 0) is 80.6 Å². The van der Waals surface area contributed by atoms with Gasteiger partial charge in [-0.15, -0.1) is 0 Å². The number of nitrogens with zero attached hydrogens (tertiary/aromatic N) is 1. The highest BCUT2D eigenvalue weighted by molar-refractivity contribution is 6.46. The average molecular weight is 455 g/mol. The van der Waals surface area contributed by atoms with Gasteiger partial charge in [0.2, 0.25) is 0 Å². The van der Waals surface area contributed by atoms with Gasteiger partial charge in [0.1, 0.15) is 11.4 Å². The maximum atomic E-state index is 13.8. The van der Waals surface area contributed by atoms with Crippen LogP contribution >= 0.6 is 0 Å². The number of nitrogens with one attached hydrogen (secondary N) is 1. The molecule has 3 aromatic carbocycles. The minimum absolute atomic E-state index is 0.278. The smallest absolute Gasteiger partial charge is 0.282 e. The van der Waals surface area contributed by atoms with Gasteiger partial charge in [-0.2, -0.15) is 0 Å². The summed E-state index contributed by atoms with van der Waals surface area (Å²) in [5.74, 6) is 0.0337. The van der Waals surface area contributed by atoms with Crippen molar-refractivity contribution in [1.82, 2.24) is 0 Å². The van der Waals surface area contributed by atoms with E-state index < -0.39 is 0 Å². The molecule has 34 heavy (non-hydrogen) atoms. The van der Waals surface area contributed by atoms with Crippen LogP contribution in [0.4, 0.5) is 11.4 Å². The summed E-state index contributed by atoms with van der Waals surface area (Å²) in [7, 11) is 0. The highest BCUT2D eigenvalue weighted by Crippen LogP contribution is 2.36. The number of carbonyl (C=O) groups excluding carboxylic acids is 2. The van der Waals surface area contributed by atoms with E-state index in [-0.39, 0.29) is 17.5 Å². The van der Waals surface area contributed by atoms with Gasteiger partial charge in [-0.1, -0.05) is 48.9 Å². The maximum absolute atomic E-state index is 13.8. The number of aryl methyl sites for hydroxylation is 3. The molecule has 0 saturated carbocycles. The molecule has 0 unspecified atom stereocenters. The number of benzene rings is 3. The minimum Gasteiger partial charge on any atom is -0.494 e. The molecule has 4 rings (SSSR count). The first-order valence-electron chi connectivity index (χ1n) is 11.6. The number of ether oxygens (including phenoxy) is 1. The molecule has 0 aromatic heterocycles. The van der Waals surface area contributed by atoms with Crippen molar-refractivity contribution in [1.29, 1.82) is 0 Å². The van der Waals surface area contributed by atoms with Crippen molar-refractivity contribution in [2.24, 2.45) is 0 Å². The molecule has 1 aliphatic rings. The lowest BCUT2D eigenvalue weighted by atomic mass is 10.0. The summed E-state index contributed by atoms with van der Waals surface area (Å²) in [5, 5.41) is 3.28. The molecule has 1 heterocycles. The topological polar surface area (TPSA) is 58.6 Å². The molecule has 0 aliphatic carbocycles. The highest BCUT2D eigenvalue weighted by Gasteiger charge is 2.41. The molecule has 0 saturated heterocycles. The van der Waals surface area contributed by atoms with E-state index >= 15 is 0 Å². The fourth-order valence-corrected chi connectivity index (χ4v) is 4.14. The lowest BCUT2D eigenvalue weighted by Gasteiger charge is -2.19. The SMILES string of the molecule is CCCOc1ccc(C2=C(Nc3ccc(C)cc3C)C(=O)N(c3cccc(C)c3C)C2=O)cc1. The standard InChI is InChI=1S/C29H30N2O3/c1-6-16-34-23-13-11-22(12-14-23)26-27(30-24-15-10-18(2)17-20(24)4)29(33)31(28(26)32)25-9-7-8-19(3)21(25)5/h7-15,17,30H,6,16H2,1-5H3. The third-order valence-electron chi connectivity index (χ3n) is 6.16. The van der Waals surface area contributed by atoms with Crippen molar-refractivity contribution >= 4 is 28.8 Å². The number of amides is 2. The number of anilines is 2. The Morgan fingerprint density at radius 3 is 2.26 bits per heavy atom. The first-order valence-corrected chi connectivity index (χ1v) is 11.6. The fourth-order valence-electron chi connectivity index (χ4n) is 4.14. The van der Waals surface area contributed by atoms with E-state index in [2.05, 4.69) is 12.2 Å². The van der Waals surface area contributed by atoms with E-state index in [1.54, 1.807) is 0 Å². The zero-order chi connectivity index (χ0) is 24.4. The van der Waals surface area contributed by atoms with Gasteiger partial charge in [0.05, 0.1) is 17.9 Å². The molecule has 5 heteroatoms. The molecule has 0 spiro atoms. The predicted octanol–water partition coefficient (Wildman–Crippen LogP) is 6.11. The van der Waals surface area contributed by atoms with Crippen LogP contribution in [0.25, 0.3) is 5.57 Å². The lowest BCUT2D eigenvalue weighted by molar-refractivity contribution is -0.120. The second-order valence-corrected chi connectivity index (χ2v) is 8.73. The van der Waals surface area contributed by atoms with Crippen LogP contribution in [0.5, 0.6) is 5.75 Å². The molecule has 1 N–H and O–H groups in total. The summed E-state index contributed by atoms with van der Waals surface area (Å²) in [6.45, 7) is 10.6. The van der Waals surface area contributed by atoms with Crippen LogP contribution < -0.4 is 15.0 Å². The monoisotopic (exact) mass is 454 g/mol. The second-order valence-electron chi connectivity index (χ2n) is 8.73. The van der Waals surface area contributed by atoms with E-state index in [0.29, 0.717) is 23.4 Å². The van der Waals surface area contributed by atoms with Crippen molar-refractivity contribution in [2.45, 2.75) is 41.0 Å². The van der Waals surface area contributed by atoms with Crippen molar-refractivity contribution in [3.63, 3.8) is 0 Å². The summed E-state index contributed by atoms with van der Waals surface area (Å²) < 4.78 is 5.70. The summed E-state index contributed by atoms with van der Waals surface area (Å²) in [5.41, 5.74) is 6.76. The Balaban J connectivity index is 1.81. The van der Waals surface area contributed by atoms with Gasteiger partial charge >= 0.3 is 0 Å². The Labute approximate surface area is 201 Å². The molecule has 3 aromatic rings. The van der Waals surface area contributed by atoms with Gasteiger partial charge < -0.3 is 10.1 Å². The summed E-state index contributed by atoms with van der Waals surface area (Å²) in [4.78, 5) is 28.8. The fraction of sp³-hybridized carbons (Fsp3) is 0.241. The summed E-state index contributed by atoms with van der Waals surface area (Å²) in [6.07, 6.45) is 0.911. The van der Waals surface area contributed by atoms with Crippen LogP contribution in [-0.4, -0.2) is 18.4 Å². The van der Waals surface area contributed by atoms with Crippen LogP contribution in [0, 0.1) is 27.7 Å². The van der Waals surface area contributed by atoms with Crippen LogP contribution in [0.3, 0.4) is 0 Å². The number of rotatable bonds is 7. The average Bonchev–Trinajstić information content (AvgIpc) is 3.06. The highest BCUT2D eigenvalue weighted by atomic mass is 16.5. The van der Waals surface area contributed by atoms with Gasteiger partial charge in [0.15, 0.2) is 0 Å². The van der Waals surface area contributed by atoms with E-state index in [1.165, 1.54) is 4.90 Å². The minimum atomic E-state index is -0.361. The molecule has 0 bridgehead atoms. The predicted molar refractivity (Wildman–Crippen MR) is 137 cm³/mol. The largest absolute Gasteiger partial charge is 0.494 e. The zero-order valence-electron chi connectivity index (χ0n) is 20.4. The van der Waals surface area contributed by atoms with E-state index in [0.717, 1.165) is 40.1 Å². The number of hydrogen-bond donors (Lipinski definition) is 1. The van der Waals surface area contributed by atoms with Gasteiger partial charge in [0, 0.05) is 5.69 Å². The maximum Gasteiger partial charge on any atom is 0.282 e. The van der Waals surface area contributed by atoms with Gasteiger partial charge in [-0.25, -0.2) is 4.90 Å². The second kappa shape index (κ2) is 9.56. The molecule has 1 aliphatic heterocycles. The van der Waals surface area contributed by atoms with E-state index in [9.17, 15) is 9.59 Å². The third-order valence-corrected chi connectivity index (χ3v) is 6.16. The van der Waals surface area contributed by atoms with Crippen molar-refractivity contribution in [2.75, 3.05) is 16.8 Å². The molecule has 0 atom stereocenters. The Bertz CT molecular complexity index is 1290. The molecule has 0 radical (unpaired) electrons. The van der Waals surface area contributed by atoms with Crippen molar-refractivity contribution in [3.05, 3.63) is 94.2 Å². The number of hydrogen-bond acceptors (Lipinski definition) is 4. The van der Waals surface area contributed by atoms with Crippen LogP contribution in [0.15, 0.2) is 66.4 Å². The van der Waals surface area contributed by atoms with Gasteiger partial charge in [-0.3, -0.25) is 9.59 Å². The third kappa shape index (κ3) is 4.34. The van der Waals surface area contributed by atoms with Crippen LogP contribution in [0.1, 0.15) is 41.2 Å².